The molecule has 0 aliphatic carbocycles. The van der Waals surface area contributed by atoms with E-state index in [1.54, 1.807) is 6.07 Å². The minimum atomic E-state index is -0.246. The molecular formula is C19H22N2O2. The lowest BCUT2D eigenvalue weighted by molar-refractivity contribution is -0.115. The Morgan fingerprint density at radius 2 is 1.65 bits per heavy atom. The van der Waals surface area contributed by atoms with Crippen molar-refractivity contribution in [3.8, 4) is 0 Å². The summed E-state index contributed by atoms with van der Waals surface area (Å²) in [5, 5.41) is 5.40. The van der Waals surface area contributed by atoms with Crippen molar-refractivity contribution in [1.29, 1.82) is 0 Å². The van der Waals surface area contributed by atoms with Crippen LogP contribution in [-0.2, 0) is 11.2 Å². The Morgan fingerprint density at radius 3 is 2.26 bits per heavy atom. The van der Waals surface area contributed by atoms with E-state index in [1.165, 1.54) is 5.56 Å². The Bertz CT molecular complexity index is 706. The van der Waals surface area contributed by atoms with E-state index >= 15 is 0 Å². The summed E-state index contributed by atoms with van der Waals surface area (Å²) < 4.78 is 0. The zero-order valence-electron chi connectivity index (χ0n) is 13.8. The molecule has 4 nitrogen and oxygen atoms in total. The highest BCUT2D eigenvalue weighted by Gasteiger charge is 2.09. The van der Waals surface area contributed by atoms with Crippen molar-refractivity contribution in [2.45, 2.75) is 27.2 Å². The number of aryl methyl sites for hydroxylation is 3. The van der Waals surface area contributed by atoms with Gasteiger partial charge in [0, 0.05) is 11.3 Å². The second-order valence-electron chi connectivity index (χ2n) is 5.58. The summed E-state index contributed by atoms with van der Waals surface area (Å²) in [6.45, 7) is 5.98. The number of hydrogen-bond donors (Lipinski definition) is 2. The third-order valence-electron chi connectivity index (χ3n) is 3.82. The molecule has 2 aromatic carbocycles. The Labute approximate surface area is 136 Å². The molecule has 0 saturated carbocycles. The van der Waals surface area contributed by atoms with Gasteiger partial charge in [-0.3, -0.25) is 9.59 Å². The standard InChI is InChI=1S/C19H22N2O2/c1-4-15-6-9-17(10-7-15)21-18(22)12-20-19(23)16-8-5-13(2)14(3)11-16/h5-11H,4,12H2,1-3H3,(H,20,23)(H,21,22). The van der Waals surface area contributed by atoms with Gasteiger partial charge in [-0.25, -0.2) is 0 Å². The van der Waals surface area contributed by atoms with E-state index in [-0.39, 0.29) is 18.4 Å². The maximum absolute atomic E-state index is 12.1. The van der Waals surface area contributed by atoms with Crippen LogP contribution in [0.1, 0.15) is 34.0 Å². The van der Waals surface area contributed by atoms with Gasteiger partial charge in [-0.15, -0.1) is 0 Å². The quantitative estimate of drug-likeness (QED) is 0.891. The van der Waals surface area contributed by atoms with Crippen molar-refractivity contribution < 1.29 is 9.59 Å². The first-order chi connectivity index (χ1) is 11.0. The van der Waals surface area contributed by atoms with Gasteiger partial charge in [0.2, 0.25) is 5.91 Å². The van der Waals surface area contributed by atoms with Crippen molar-refractivity contribution in [1.82, 2.24) is 5.32 Å². The number of carbonyl (C=O) groups excluding carboxylic acids is 2. The molecule has 0 heterocycles. The van der Waals surface area contributed by atoms with Crippen LogP contribution in [0.5, 0.6) is 0 Å². The van der Waals surface area contributed by atoms with Gasteiger partial charge < -0.3 is 10.6 Å². The van der Waals surface area contributed by atoms with Crippen molar-refractivity contribution in [2.75, 3.05) is 11.9 Å². The summed E-state index contributed by atoms with van der Waals surface area (Å²) in [4.78, 5) is 24.0. The van der Waals surface area contributed by atoms with Crippen molar-refractivity contribution in [3.63, 3.8) is 0 Å². The number of amides is 2. The zero-order chi connectivity index (χ0) is 16.8. The van der Waals surface area contributed by atoms with Crippen LogP contribution in [0, 0.1) is 13.8 Å². The molecule has 0 radical (unpaired) electrons. The van der Waals surface area contributed by atoms with E-state index in [4.69, 9.17) is 0 Å². The molecule has 0 bridgehead atoms. The van der Waals surface area contributed by atoms with Crippen LogP contribution in [0.25, 0.3) is 0 Å². The summed E-state index contributed by atoms with van der Waals surface area (Å²) in [5.74, 6) is -0.490. The number of benzene rings is 2. The Kier molecular flexibility index (Phi) is 5.52. The number of anilines is 1. The smallest absolute Gasteiger partial charge is 0.251 e. The highest BCUT2D eigenvalue weighted by molar-refractivity contribution is 5.99. The highest BCUT2D eigenvalue weighted by atomic mass is 16.2. The van der Waals surface area contributed by atoms with Crippen molar-refractivity contribution in [3.05, 3.63) is 64.7 Å². The van der Waals surface area contributed by atoms with Crippen molar-refractivity contribution in [2.24, 2.45) is 0 Å². The van der Waals surface area contributed by atoms with Crippen molar-refractivity contribution >= 4 is 17.5 Å². The summed E-state index contributed by atoms with van der Waals surface area (Å²) in [5.41, 5.74) is 4.69. The zero-order valence-corrected chi connectivity index (χ0v) is 13.8. The van der Waals surface area contributed by atoms with Gasteiger partial charge in [0.15, 0.2) is 0 Å². The highest BCUT2D eigenvalue weighted by Crippen LogP contribution is 2.10. The first kappa shape index (κ1) is 16.7. The molecule has 0 aromatic heterocycles. The van der Waals surface area contributed by atoms with E-state index in [1.807, 2.05) is 50.2 Å². The largest absolute Gasteiger partial charge is 0.343 e. The fraction of sp³-hybridized carbons (Fsp3) is 0.263. The third kappa shape index (κ3) is 4.68. The van der Waals surface area contributed by atoms with Gasteiger partial charge in [-0.05, 0) is 61.2 Å². The second kappa shape index (κ2) is 7.58. The number of nitrogens with one attached hydrogen (secondary N) is 2. The molecule has 4 heteroatoms. The average Bonchev–Trinajstić information content (AvgIpc) is 2.56. The van der Waals surface area contributed by atoms with Gasteiger partial charge in [0.05, 0.1) is 6.54 Å². The number of carbonyl (C=O) groups is 2. The Morgan fingerprint density at radius 1 is 0.957 bits per heavy atom. The maximum atomic E-state index is 12.1. The van der Waals surface area contributed by atoms with E-state index < -0.39 is 0 Å². The Hall–Kier alpha value is -2.62. The van der Waals surface area contributed by atoms with Crippen LogP contribution in [0.4, 0.5) is 5.69 Å². The fourth-order valence-corrected chi connectivity index (χ4v) is 2.17. The fourth-order valence-electron chi connectivity index (χ4n) is 2.17. The first-order valence-corrected chi connectivity index (χ1v) is 7.74. The lowest BCUT2D eigenvalue weighted by Crippen LogP contribution is -2.32. The van der Waals surface area contributed by atoms with Crippen LogP contribution in [0.3, 0.4) is 0 Å². The predicted molar refractivity (Wildman–Crippen MR) is 92.7 cm³/mol. The molecule has 0 unspecified atom stereocenters. The minimum Gasteiger partial charge on any atom is -0.343 e. The second-order valence-corrected chi connectivity index (χ2v) is 5.58. The summed E-state index contributed by atoms with van der Waals surface area (Å²) in [6.07, 6.45) is 0.959. The minimum absolute atomic E-state index is 0.0543. The molecule has 0 atom stereocenters. The van der Waals surface area contributed by atoms with E-state index in [9.17, 15) is 9.59 Å². The topological polar surface area (TPSA) is 58.2 Å². The van der Waals surface area contributed by atoms with E-state index in [2.05, 4.69) is 17.6 Å². The normalized spacial score (nSPS) is 10.2. The Balaban J connectivity index is 1.87. The van der Waals surface area contributed by atoms with Gasteiger partial charge in [0.1, 0.15) is 0 Å². The van der Waals surface area contributed by atoms with E-state index in [0.717, 1.165) is 23.2 Å². The van der Waals surface area contributed by atoms with Crippen LogP contribution in [0.2, 0.25) is 0 Å². The summed E-state index contributed by atoms with van der Waals surface area (Å²) in [7, 11) is 0. The van der Waals surface area contributed by atoms with Gasteiger partial charge in [0.25, 0.3) is 5.91 Å². The molecule has 2 N–H and O–H groups in total. The average molecular weight is 310 g/mol. The third-order valence-corrected chi connectivity index (χ3v) is 3.82. The monoisotopic (exact) mass is 310 g/mol. The predicted octanol–water partition coefficient (Wildman–Crippen LogP) is 3.23. The molecule has 2 amide bonds. The molecule has 0 fully saturated rings. The van der Waals surface area contributed by atoms with E-state index in [0.29, 0.717) is 5.56 Å². The van der Waals surface area contributed by atoms with Gasteiger partial charge in [-0.2, -0.15) is 0 Å². The van der Waals surface area contributed by atoms with Gasteiger partial charge in [-0.1, -0.05) is 25.1 Å². The van der Waals surface area contributed by atoms with Gasteiger partial charge >= 0.3 is 0 Å². The first-order valence-electron chi connectivity index (χ1n) is 7.74. The van der Waals surface area contributed by atoms with Crippen LogP contribution in [0.15, 0.2) is 42.5 Å². The number of hydrogen-bond acceptors (Lipinski definition) is 2. The molecule has 2 aromatic rings. The summed E-state index contributed by atoms with van der Waals surface area (Å²) in [6, 6.07) is 13.2. The molecule has 0 aliphatic rings. The molecule has 2 rings (SSSR count). The molecular weight excluding hydrogens is 288 g/mol. The molecule has 0 saturated heterocycles. The lowest BCUT2D eigenvalue weighted by Gasteiger charge is -2.08. The SMILES string of the molecule is CCc1ccc(NC(=O)CNC(=O)c2ccc(C)c(C)c2)cc1. The number of rotatable bonds is 5. The van der Waals surface area contributed by atoms with Crippen LogP contribution in [-0.4, -0.2) is 18.4 Å². The summed E-state index contributed by atoms with van der Waals surface area (Å²) >= 11 is 0. The molecule has 23 heavy (non-hydrogen) atoms. The molecule has 0 spiro atoms. The van der Waals surface area contributed by atoms with Crippen LogP contribution < -0.4 is 10.6 Å². The maximum Gasteiger partial charge on any atom is 0.251 e. The molecule has 120 valence electrons. The molecule has 0 aliphatic heterocycles. The lowest BCUT2D eigenvalue weighted by atomic mass is 10.1. The van der Waals surface area contributed by atoms with Crippen LogP contribution >= 0.6 is 0 Å².